The molecule has 0 spiro atoms. The number of halogens is 1. The molecule has 0 radical (unpaired) electrons. The maximum absolute atomic E-state index is 12.7. The second-order valence-corrected chi connectivity index (χ2v) is 8.87. The summed E-state index contributed by atoms with van der Waals surface area (Å²) in [4.78, 5) is 21.5. The van der Waals surface area contributed by atoms with E-state index in [9.17, 15) is 4.79 Å². The Morgan fingerprint density at radius 1 is 1.36 bits per heavy atom. The number of nitrogens with two attached hydrogens (primary N) is 1. The fourth-order valence-electron chi connectivity index (χ4n) is 3.13. The average Bonchev–Trinajstić information content (AvgIpc) is 2.61. The predicted octanol–water partition coefficient (Wildman–Crippen LogP) is 4.61. The number of ether oxygens (including phenoxy) is 1. The van der Waals surface area contributed by atoms with Crippen molar-refractivity contribution in [1.29, 1.82) is 0 Å². The normalized spacial score (nSPS) is 19.4. The Morgan fingerprint density at radius 2 is 2.14 bits per heavy atom. The molecule has 2 heterocycles. The topological polar surface area (TPSA) is 77.6 Å². The Hall–Kier alpha value is -2.05. The zero-order valence-electron chi connectivity index (χ0n) is 16.2. The number of ketones is 1. The third-order valence-corrected chi connectivity index (χ3v) is 5.55. The number of amidine groups is 1. The van der Waals surface area contributed by atoms with Gasteiger partial charge in [0.05, 0.1) is 16.7 Å². The summed E-state index contributed by atoms with van der Waals surface area (Å²) in [6.45, 7) is 6.02. The van der Waals surface area contributed by atoms with Gasteiger partial charge in [-0.1, -0.05) is 29.4 Å². The van der Waals surface area contributed by atoms with E-state index in [1.165, 1.54) is 6.20 Å². The number of rotatable bonds is 6. The minimum Gasteiger partial charge on any atom is -0.491 e. The summed E-state index contributed by atoms with van der Waals surface area (Å²) in [7, 11) is 0. The molecule has 5 nitrogen and oxygen atoms in total. The summed E-state index contributed by atoms with van der Waals surface area (Å²) >= 11 is 7.43. The first-order chi connectivity index (χ1) is 13.2. The van der Waals surface area contributed by atoms with E-state index >= 15 is 0 Å². The number of pyridine rings is 1. The molecule has 1 aliphatic rings. The highest BCUT2D eigenvalue weighted by Gasteiger charge is 2.30. The van der Waals surface area contributed by atoms with Crippen molar-refractivity contribution < 1.29 is 9.53 Å². The van der Waals surface area contributed by atoms with Crippen LogP contribution in [0.2, 0.25) is 5.02 Å². The van der Waals surface area contributed by atoms with E-state index in [1.54, 1.807) is 23.9 Å². The van der Waals surface area contributed by atoms with Crippen LogP contribution in [-0.4, -0.2) is 27.8 Å². The van der Waals surface area contributed by atoms with E-state index in [4.69, 9.17) is 22.1 Å². The molecule has 148 valence electrons. The van der Waals surface area contributed by atoms with Crippen LogP contribution in [0.25, 0.3) is 0 Å². The number of hydrogen-bond acceptors (Lipinski definition) is 6. The van der Waals surface area contributed by atoms with Crippen molar-refractivity contribution in [2.75, 3.05) is 5.75 Å². The third kappa shape index (κ3) is 5.06. The molecule has 7 heteroatoms. The fourth-order valence-corrected chi connectivity index (χ4v) is 4.21. The molecule has 1 unspecified atom stereocenters. The molecule has 1 aromatic carbocycles. The minimum absolute atomic E-state index is 0.0278. The van der Waals surface area contributed by atoms with Crippen molar-refractivity contribution in [2.24, 2.45) is 10.7 Å². The van der Waals surface area contributed by atoms with Gasteiger partial charge in [0.2, 0.25) is 0 Å². The van der Waals surface area contributed by atoms with Gasteiger partial charge < -0.3 is 10.5 Å². The van der Waals surface area contributed by atoms with E-state index in [0.29, 0.717) is 15.9 Å². The number of aromatic nitrogens is 1. The molecule has 3 rings (SSSR count). The van der Waals surface area contributed by atoms with Crippen molar-refractivity contribution in [1.82, 2.24) is 4.98 Å². The third-order valence-electron chi connectivity index (χ3n) is 4.53. The van der Waals surface area contributed by atoms with Crippen LogP contribution in [0.3, 0.4) is 0 Å². The van der Waals surface area contributed by atoms with Crippen LogP contribution in [0.4, 0.5) is 0 Å². The second-order valence-electron chi connectivity index (χ2n) is 7.32. The molecule has 0 saturated carbocycles. The van der Waals surface area contributed by atoms with Gasteiger partial charge in [0.15, 0.2) is 11.0 Å². The Labute approximate surface area is 174 Å². The molecule has 0 bridgehead atoms. The van der Waals surface area contributed by atoms with Gasteiger partial charge in [-0.2, -0.15) is 0 Å². The van der Waals surface area contributed by atoms with E-state index < -0.39 is 5.54 Å². The summed E-state index contributed by atoms with van der Waals surface area (Å²) in [5.41, 5.74) is 7.81. The van der Waals surface area contributed by atoms with E-state index in [1.807, 2.05) is 32.0 Å². The van der Waals surface area contributed by atoms with E-state index in [2.05, 4.69) is 16.9 Å². The highest BCUT2D eigenvalue weighted by Crippen LogP contribution is 2.37. The molecule has 0 aliphatic carbocycles. The van der Waals surface area contributed by atoms with Crippen LogP contribution in [0, 0.1) is 0 Å². The summed E-state index contributed by atoms with van der Waals surface area (Å²) in [6.07, 6.45) is 2.60. The standard InChI is InChI=1S/C21H24ClN3O2S/c1-13(2)27-17-9-14(10-19(26)18-5-4-16(22)12-24-18)8-15(11-17)21(3)6-7-28-20(23)25-21/h4-5,8-9,11-13H,6-7,10H2,1-3H3,(H2,23,25). The largest absolute Gasteiger partial charge is 0.491 e. The van der Waals surface area contributed by atoms with Gasteiger partial charge in [-0.25, -0.2) is 0 Å². The van der Waals surface area contributed by atoms with Crippen molar-refractivity contribution in [3.05, 3.63) is 58.4 Å². The van der Waals surface area contributed by atoms with Crippen LogP contribution < -0.4 is 10.5 Å². The molecule has 1 atom stereocenters. The minimum atomic E-state index is -0.429. The second kappa shape index (κ2) is 8.53. The average molecular weight is 418 g/mol. The van der Waals surface area contributed by atoms with Crippen molar-refractivity contribution in [3.8, 4) is 5.75 Å². The molecular weight excluding hydrogens is 394 g/mol. The maximum atomic E-state index is 12.7. The fraction of sp³-hybridized carbons (Fsp3) is 0.381. The highest BCUT2D eigenvalue weighted by atomic mass is 35.5. The molecule has 1 aromatic heterocycles. The Balaban J connectivity index is 1.95. The van der Waals surface area contributed by atoms with Gasteiger partial charge in [-0.3, -0.25) is 14.8 Å². The lowest BCUT2D eigenvalue weighted by molar-refractivity contribution is 0.0988. The Kier molecular flexibility index (Phi) is 6.30. The number of carbonyl (C=O) groups is 1. The van der Waals surface area contributed by atoms with E-state index in [-0.39, 0.29) is 18.3 Å². The quantitative estimate of drug-likeness (QED) is 0.694. The lowest BCUT2D eigenvalue weighted by Crippen LogP contribution is -2.29. The number of carbonyl (C=O) groups excluding carboxylic acids is 1. The number of hydrogen-bond donors (Lipinski definition) is 1. The molecular formula is C21H24ClN3O2S. The van der Waals surface area contributed by atoms with Gasteiger partial charge in [-0.15, -0.1) is 0 Å². The van der Waals surface area contributed by atoms with Crippen LogP contribution >= 0.6 is 23.4 Å². The van der Waals surface area contributed by atoms with Gasteiger partial charge in [0.1, 0.15) is 11.4 Å². The van der Waals surface area contributed by atoms with Gasteiger partial charge in [0.25, 0.3) is 0 Å². The maximum Gasteiger partial charge on any atom is 0.185 e. The summed E-state index contributed by atoms with van der Waals surface area (Å²) in [6, 6.07) is 9.24. The van der Waals surface area contributed by atoms with Crippen molar-refractivity contribution in [3.63, 3.8) is 0 Å². The van der Waals surface area contributed by atoms with Crippen molar-refractivity contribution >= 4 is 34.3 Å². The summed E-state index contributed by atoms with van der Waals surface area (Å²) < 4.78 is 5.93. The monoisotopic (exact) mass is 417 g/mol. The molecule has 2 N–H and O–H groups in total. The van der Waals surface area contributed by atoms with Gasteiger partial charge in [-0.05, 0) is 62.6 Å². The number of aliphatic imine (C=N–C) groups is 1. The van der Waals surface area contributed by atoms with Crippen LogP contribution in [-0.2, 0) is 12.0 Å². The molecule has 0 amide bonds. The molecule has 0 fully saturated rings. The molecule has 0 saturated heterocycles. The Bertz CT molecular complexity index is 899. The number of Topliss-reactive ketones (excluding diaryl/α,β-unsaturated/α-hetero) is 1. The van der Waals surface area contributed by atoms with Crippen LogP contribution in [0.1, 0.15) is 48.8 Å². The highest BCUT2D eigenvalue weighted by molar-refractivity contribution is 8.13. The number of benzene rings is 1. The number of nitrogens with zero attached hydrogens (tertiary/aromatic N) is 2. The lowest BCUT2D eigenvalue weighted by Gasteiger charge is -2.30. The van der Waals surface area contributed by atoms with Crippen molar-refractivity contribution in [2.45, 2.75) is 45.3 Å². The first-order valence-corrected chi connectivity index (χ1v) is 10.6. The summed E-state index contributed by atoms with van der Waals surface area (Å²) in [5, 5.41) is 1.09. The first kappa shape index (κ1) is 20.7. The Morgan fingerprint density at radius 3 is 2.79 bits per heavy atom. The number of thioether (sulfide) groups is 1. The molecule has 1 aliphatic heterocycles. The van der Waals surface area contributed by atoms with E-state index in [0.717, 1.165) is 29.1 Å². The first-order valence-electron chi connectivity index (χ1n) is 9.19. The summed E-state index contributed by atoms with van der Waals surface area (Å²) in [5.74, 6) is 1.56. The van der Waals surface area contributed by atoms with Crippen LogP contribution in [0.15, 0.2) is 41.5 Å². The SMILES string of the molecule is CC(C)Oc1cc(CC(=O)c2ccc(Cl)cn2)cc(C2(C)CCSC(N)=N2)c1. The van der Waals surface area contributed by atoms with Gasteiger partial charge >= 0.3 is 0 Å². The predicted molar refractivity (Wildman–Crippen MR) is 116 cm³/mol. The zero-order chi connectivity index (χ0) is 20.3. The zero-order valence-corrected chi connectivity index (χ0v) is 17.8. The lowest BCUT2D eigenvalue weighted by atomic mass is 9.87. The smallest absolute Gasteiger partial charge is 0.185 e. The van der Waals surface area contributed by atoms with Gasteiger partial charge in [0, 0.05) is 18.4 Å². The molecule has 2 aromatic rings. The molecule has 28 heavy (non-hydrogen) atoms. The van der Waals surface area contributed by atoms with Crippen LogP contribution in [0.5, 0.6) is 5.75 Å².